The van der Waals surface area contributed by atoms with Gasteiger partial charge in [0.1, 0.15) is 0 Å². The number of ether oxygens (including phenoxy) is 1. The molecule has 0 aliphatic carbocycles. The second-order valence-corrected chi connectivity index (χ2v) is 3.72. The van der Waals surface area contributed by atoms with Gasteiger partial charge in [-0.2, -0.15) is 0 Å². The topological polar surface area (TPSA) is 22.1 Å². The zero-order valence-corrected chi connectivity index (χ0v) is 7.91. The van der Waals surface area contributed by atoms with Crippen molar-refractivity contribution in [2.75, 3.05) is 7.11 Å². The molecule has 0 atom stereocenters. The summed E-state index contributed by atoms with van der Waals surface area (Å²) in [4.78, 5) is 4.01. The first-order valence-electron chi connectivity index (χ1n) is 2.96. The Hall–Kier alpha value is -0.492. The first kappa shape index (κ1) is 7.61. The van der Waals surface area contributed by atoms with E-state index in [2.05, 4.69) is 10.7 Å². The van der Waals surface area contributed by atoms with Crippen molar-refractivity contribution in [3.05, 3.63) is 18.5 Å². The van der Waals surface area contributed by atoms with Gasteiger partial charge in [0, 0.05) is 0 Å². The fourth-order valence-electron chi connectivity index (χ4n) is 0.714. The fourth-order valence-corrected chi connectivity index (χ4v) is 1.91. The molecule has 1 radical (unpaired) electrons. The Kier molecular flexibility index (Phi) is 2.76. The van der Waals surface area contributed by atoms with E-state index in [4.69, 9.17) is 4.74 Å². The van der Waals surface area contributed by atoms with Crippen LogP contribution in [0, 0.1) is 0 Å². The van der Waals surface area contributed by atoms with Gasteiger partial charge in [-0.05, 0) is 0 Å². The van der Waals surface area contributed by atoms with Gasteiger partial charge in [-0.3, -0.25) is 0 Å². The van der Waals surface area contributed by atoms with Crippen LogP contribution in [0.3, 0.4) is 0 Å². The van der Waals surface area contributed by atoms with Gasteiger partial charge in [-0.15, -0.1) is 0 Å². The maximum absolute atomic E-state index is 5.12. The van der Waals surface area contributed by atoms with E-state index in [1.807, 2.05) is 12.3 Å². The standard InChI is InChI=1S/C7H9AsNO/c1-8-6-5-9-4-3-7(6)10-2/h3-5H,1-2H3. The normalized spacial score (nSPS) is 10.6. The Labute approximate surface area is 67.3 Å². The zero-order valence-electron chi connectivity index (χ0n) is 6.03. The van der Waals surface area contributed by atoms with Crippen molar-refractivity contribution in [2.45, 2.75) is 5.71 Å². The van der Waals surface area contributed by atoms with E-state index < -0.39 is 0 Å². The molecule has 0 unspecified atom stereocenters. The van der Waals surface area contributed by atoms with Gasteiger partial charge in [0.2, 0.25) is 0 Å². The van der Waals surface area contributed by atoms with Gasteiger partial charge in [-0.25, -0.2) is 0 Å². The number of aromatic nitrogens is 1. The van der Waals surface area contributed by atoms with Crippen LogP contribution in [0.4, 0.5) is 0 Å². The van der Waals surface area contributed by atoms with Crippen molar-refractivity contribution >= 4 is 20.1 Å². The predicted molar refractivity (Wildman–Crippen MR) is 42.0 cm³/mol. The van der Waals surface area contributed by atoms with E-state index in [1.54, 1.807) is 13.3 Å². The van der Waals surface area contributed by atoms with E-state index in [0.717, 1.165) is 5.75 Å². The molecular weight excluding hydrogens is 189 g/mol. The van der Waals surface area contributed by atoms with Gasteiger partial charge in [0.05, 0.1) is 0 Å². The Morgan fingerprint density at radius 3 is 2.90 bits per heavy atom. The monoisotopic (exact) mass is 198 g/mol. The van der Waals surface area contributed by atoms with Gasteiger partial charge in [-0.1, -0.05) is 0 Å². The van der Waals surface area contributed by atoms with Crippen LogP contribution in [-0.4, -0.2) is 27.8 Å². The number of rotatable bonds is 2. The summed E-state index contributed by atoms with van der Waals surface area (Å²) in [5, 5.41) is 0. The Morgan fingerprint density at radius 1 is 1.60 bits per heavy atom. The number of pyridine rings is 1. The number of methoxy groups -OCH3 is 1. The summed E-state index contributed by atoms with van der Waals surface area (Å²) in [5.41, 5.74) is 2.18. The summed E-state index contributed by atoms with van der Waals surface area (Å²) < 4.78 is 6.37. The summed E-state index contributed by atoms with van der Waals surface area (Å²) in [6, 6.07) is 1.90. The van der Waals surface area contributed by atoms with Crippen LogP contribution >= 0.6 is 0 Å². The molecule has 0 spiro atoms. The second kappa shape index (κ2) is 3.62. The summed E-state index contributed by atoms with van der Waals surface area (Å²) in [5.74, 6) is 0.970. The third kappa shape index (κ3) is 1.51. The summed E-state index contributed by atoms with van der Waals surface area (Å²) in [7, 11) is 1.69. The molecule has 1 aromatic heterocycles. The second-order valence-electron chi connectivity index (χ2n) is 1.77. The molecule has 0 N–H and O–H groups in total. The molecule has 53 valence electrons. The van der Waals surface area contributed by atoms with Crippen molar-refractivity contribution in [2.24, 2.45) is 0 Å². The van der Waals surface area contributed by atoms with Gasteiger partial charge < -0.3 is 0 Å². The van der Waals surface area contributed by atoms with Crippen molar-refractivity contribution in [3.63, 3.8) is 0 Å². The molecule has 0 saturated carbocycles. The zero-order chi connectivity index (χ0) is 7.40. The molecule has 0 bridgehead atoms. The Balaban J connectivity index is 2.96. The van der Waals surface area contributed by atoms with Crippen LogP contribution in [0.5, 0.6) is 5.75 Å². The minimum atomic E-state index is 0.223. The van der Waals surface area contributed by atoms with E-state index in [9.17, 15) is 0 Å². The first-order valence-corrected chi connectivity index (χ1v) is 5.78. The molecule has 0 aliphatic rings. The third-order valence-electron chi connectivity index (χ3n) is 1.22. The number of hydrogen-bond donors (Lipinski definition) is 0. The SMILES string of the molecule is COc1ccncc1[As]C. The van der Waals surface area contributed by atoms with E-state index in [0.29, 0.717) is 0 Å². The van der Waals surface area contributed by atoms with Crippen LogP contribution in [-0.2, 0) is 0 Å². The summed E-state index contributed by atoms with van der Waals surface area (Å²) in [6.45, 7) is 0. The summed E-state index contributed by atoms with van der Waals surface area (Å²) in [6.07, 6.45) is 3.62. The molecule has 2 nitrogen and oxygen atoms in total. The van der Waals surface area contributed by atoms with Gasteiger partial charge in [0.25, 0.3) is 0 Å². The molecule has 1 aromatic rings. The Morgan fingerprint density at radius 2 is 2.40 bits per heavy atom. The molecule has 1 rings (SSSR count). The Bertz CT molecular complexity index is 192. The maximum atomic E-state index is 5.12. The molecular formula is C7H9AsNO. The van der Waals surface area contributed by atoms with Gasteiger partial charge in [0.15, 0.2) is 0 Å². The average Bonchev–Trinajstić information content (AvgIpc) is 2.04. The van der Waals surface area contributed by atoms with Crippen LogP contribution in [0.1, 0.15) is 0 Å². The molecule has 0 aliphatic heterocycles. The fraction of sp³-hybridized carbons (Fsp3) is 0.286. The molecule has 3 heteroatoms. The van der Waals surface area contributed by atoms with E-state index in [-0.39, 0.29) is 15.8 Å². The molecule has 0 fully saturated rings. The van der Waals surface area contributed by atoms with Crippen LogP contribution in [0.25, 0.3) is 0 Å². The van der Waals surface area contributed by atoms with Crippen molar-refractivity contribution in [1.29, 1.82) is 0 Å². The quantitative estimate of drug-likeness (QED) is 0.644. The van der Waals surface area contributed by atoms with Crippen LogP contribution < -0.4 is 9.09 Å². The van der Waals surface area contributed by atoms with E-state index in [1.165, 1.54) is 4.35 Å². The van der Waals surface area contributed by atoms with Crippen LogP contribution in [0.15, 0.2) is 18.5 Å². The molecule has 0 amide bonds. The summed E-state index contributed by atoms with van der Waals surface area (Å²) >= 11 is 0.223. The first-order chi connectivity index (χ1) is 4.88. The predicted octanol–water partition coefficient (Wildman–Crippen LogP) is 0.468. The minimum absolute atomic E-state index is 0.223. The molecule has 0 aromatic carbocycles. The molecule has 0 saturated heterocycles. The molecule has 1 heterocycles. The number of nitrogens with zero attached hydrogens (tertiary/aromatic N) is 1. The molecule has 10 heavy (non-hydrogen) atoms. The third-order valence-corrected chi connectivity index (χ3v) is 2.94. The van der Waals surface area contributed by atoms with Gasteiger partial charge >= 0.3 is 66.9 Å². The van der Waals surface area contributed by atoms with Crippen molar-refractivity contribution < 1.29 is 4.74 Å². The average molecular weight is 198 g/mol. The number of hydrogen-bond acceptors (Lipinski definition) is 2. The van der Waals surface area contributed by atoms with Crippen molar-refractivity contribution in [1.82, 2.24) is 4.98 Å². The van der Waals surface area contributed by atoms with Crippen molar-refractivity contribution in [3.8, 4) is 5.75 Å². The van der Waals surface area contributed by atoms with Crippen LogP contribution in [0.2, 0.25) is 5.71 Å². The van der Waals surface area contributed by atoms with E-state index >= 15 is 0 Å².